The molecule has 2 aromatic heterocycles. The quantitative estimate of drug-likeness (QED) is 0.157. The van der Waals surface area contributed by atoms with E-state index >= 15 is 0 Å². The van der Waals surface area contributed by atoms with E-state index in [0.717, 1.165) is 49.9 Å². The van der Waals surface area contributed by atoms with Gasteiger partial charge in [-0.25, -0.2) is 4.98 Å². The van der Waals surface area contributed by atoms with Crippen LogP contribution in [0.4, 0.5) is 0 Å². The Kier molecular flexibility index (Phi) is 8.00. The average Bonchev–Trinajstić information content (AvgIpc) is 3.72. The maximum absolute atomic E-state index is 8.27. The van der Waals surface area contributed by atoms with Crippen molar-refractivity contribution in [3.63, 3.8) is 0 Å². The van der Waals surface area contributed by atoms with Gasteiger partial charge < -0.3 is 14.0 Å². The van der Waals surface area contributed by atoms with Gasteiger partial charge in [0.2, 0.25) is 0 Å². The summed E-state index contributed by atoms with van der Waals surface area (Å²) in [6.45, 7) is 6.31. The van der Waals surface area contributed by atoms with Crippen LogP contribution >= 0.6 is 0 Å². The molecule has 1 aliphatic rings. The monoisotopic (exact) mass is 837 g/mol. The third-order valence-electron chi connectivity index (χ3n) is 8.96. The number of nitrogens with zero attached hydrogens (tertiary/aromatic N) is 3. The van der Waals surface area contributed by atoms with E-state index in [1.165, 1.54) is 5.56 Å². The van der Waals surface area contributed by atoms with Crippen LogP contribution in [0.15, 0.2) is 126 Å². The van der Waals surface area contributed by atoms with E-state index in [-0.39, 0.29) is 32.4 Å². The van der Waals surface area contributed by atoms with Crippen molar-refractivity contribution in [2.45, 2.75) is 52.1 Å². The van der Waals surface area contributed by atoms with Gasteiger partial charge in [0.1, 0.15) is 17.8 Å². The van der Waals surface area contributed by atoms with Crippen LogP contribution in [-0.4, -0.2) is 21.5 Å². The Hall–Kier alpha value is -4.99. The third-order valence-corrected chi connectivity index (χ3v) is 8.96. The van der Waals surface area contributed by atoms with Gasteiger partial charge in [-0.2, -0.15) is 6.07 Å². The van der Waals surface area contributed by atoms with Crippen LogP contribution in [0.1, 0.15) is 60.1 Å². The minimum atomic E-state index is -2.37. The molecular weight excluding hydrogens is 798 g/mol. The molecule has 1 aliphatic heterocycles. The minimum absolute atomic E-state index is 0. The second-order valence-electron chi connectivity index (χ2n) is 13.5. The Labute approximate surface area is 312 Å². The van der Waals surface area contributed by atoms with Gasteiger partial charge in [-0.05, 0) is 59.5 Å². The van der Waals surface area contributed by atoms with Crippen molar-refractivity contribution < 1.29 is 34.7 Å². The molecule has 7 aromatic rings. The molecule has 50 heavy (non-hydrogen) atoms. The van der Waals surface area contributed by atoms with Gasteiger partial charge in [-0.15, -0.1) is 23.6 Å². The van der Waals surface area contributed by atoms with E-state index in [9.17, 15) is 0 Å². The predicted octanol–water partition coefficient (Wildman–Crippen LogP) is 10.7. The summed E-state index contributed by atoms with van der Waals surface area (Å²) in [7, 11) is 0. The van der Waals surface area contributed by atoms with Crippen LogP contribution in [0, 0.1) is 19.1 Å². The SMILES string of the molecule is [2H]C([2H])([2H])[C@H]1N=C(c2[c-]c(Oc3[c-]c4c(cc3)c3cc(C)ccc3n4-c3cc(C(C)(C)C)ccn3)cc(-c3ccccc3)c2)O[C@H]1c1ccccc1.[Pt+2]. The molecule has 5 aromatic carbocycles. The Morgan fingerprint density at radius 2 is 1.58 bits per heavy atom. The number of hydrogen-bond donors (Lipinski definition) is 0. The van der Waals surface area contributed by atoms with E-state index in [1.54, 1.807) is 0 Å². The van der Waals surface area contributed by atoms with E-state index in [0.29, 0.717) is 17.1 Å². The van der Waals surface area contributed by atoms with Gasteiger partial charge in [0.25, 0.3) is 0 Å². The van der Waals surface area contributed by atoms with Crippen LogP contribution in [-0.2, 0) is 31.2 Å². The van der Waals surface area contributed by atoms with Crippen LogP contribution in [0.5, 0.6) is 11.5 Å². The fraction of sp³-hybridized carbons (Fsp3) is 0.182. The number of rotatable bonds is 6. The molecule has 8 rings (SSSR count). The van der Waals surface area contributed by atoms with Crippen molar-refractivity contribution in [1.29, 1.82) is 0 Å². The van der Waals surface area contributed by atoms with Crippen LogP contribution in [0.3, 0.4) is 0 Å². The molecule has 0 unspecified atom stereocenters. The summed E-state index contributed by atoms with van der Waals surface area (Å²) in [5.41, 5.74) is 7.19. The van der Waals surface area contributed by atoms with Crippen molar-refractivity contribution in [2.75, 3.05) is 0 Å². The summed E-state index contributed by atoms with van der Waals surface area (Å²) < 4.78 is 39.9. The Morgan fingerprint density at radius 3 is 2.34 bits per heavy atom. The summed E-state index contributed by atoms with van der Waals surface area (Å²) >= 11 is 0. The first-order valence-corrected chi connectivity index (χ1v) is 16.5. The molecule has 250 valence electrons. The summed E-state index contributed by atoms with van der Waals surface area (Å²) in [5.74, 6) is 1.91. The number of benzene rings is 5. The Balaban J connectivity index is 0.00000435. The van der Waals surface area contributed by atoms with E-state index in [4.69, 9.17) is 18.6 Å². The van der Waals surface area contributed by atoms with E-state index in [2.05, 4.69) is 85.8 Å². The fourth-order valence-electron chi connectivity index (χ4n) is 6.41. The first-order valence-electron chi connectivity index (χ1n) is 18.0. The fourth-order valence-corrected chi connectivity index (χ4v) is 6.41. The van der Waals surface area contributed by atoms with Crippen molar-refractivity contribution >= 4 is 27.7 Å². The topological polar surface area (TPSA) is 48.6 Å². The smallest absolute Gasteiger partial charge is 0.510 e. The van der Waals surface area contributed by atoms with Crippen molar-refractivity contribution in [3.8, 4) is 28.4 Å². The molecule has 6 heteroatoms. The molecule has 0 fully saturated rings. The Morgan fingerprint density at radius 1 is 0.800 bits per heavy atom. The minimum Gasteiger partial charge on any atom is -0.510 e. The largest absolute Gasteiger partial charge is 2.00 e. The molecule has 5 nitrogen and oxygen atoms in total. The molecular formula is C44H37N3O2Pt. The second-order valence-corrected chi connectivity index (χ2v) is 13.5. The van der Waals surface area contributed by atoms with E-state index in [1.807, 2.05) is 85.1 Å². The number of fused-ring (bicyclic) bond motifs is 3. The molecule has 0 N–H and O–H groups in total. The standard InChI is InChI=1S/C44H37N3O2.Pt/c1-28-16-19-39-38(22-28)37-18-17-35(27-40(37)47(39)41-26-34(20-21-45-41)44(3,4)5)48-36-24-32(30-12-8-6-9-13-30)23-33(25-36)43-46-29(2)42(49-43)31-14-10-7-11-15-31;/h6-24,26,29,42H,1-5H3;/q-2;+2/t29-,42-;/m1./s1/i2D3;. The molecule has 0 saturated carbocycles. The number of aliphatic imine (C=N–C) groups is 1. The molecule has 0 radical (unpaired) electrons. The molecule has 3 heterocycles. The summed E-state index contributed by atoms with van der Waals surface area (Å²) in [6.07, 6.45) is 1.09. The maximum atomic E-state index is 8.27. The molecule has 0 aliphatic carbocycles. The zero-order chi connectivity index (χ0) is 36.2. The summed E-state index contributed by atoms with van der Waals surface area (Å²) in [6, 6.07) is 43.5. The predicted molar refractivity (Wildman–Crippen MR) is 198 cm³/mol. The zero-order valence-electron chi connectivity index (χ0n) is 31.2. The zero-order valence-corrected chi connectivity index (χ0v) is 30.4. The van der Waals surface area contributed by atoms with Gasteiger partial charge in [-0.1, -0.05) is 128 Å². The van der Waals surface area contributed by atoms with Crippen LogP contribution in [0.2, 0.25) is 0 Å². The van der Waals surface area contributed by atoms with Crippen molar-refractivity contribution in [1.82, 2.24) is 9.55 Å². The van der Waals surface area contributed by atoms with Crippen molar-refractivity contribution in [2.24, 2.45) is 4.99 Å². The van der Waals surface area contributed by atoms with E-state index < -0.39 is 19.0 Å². The summed E-state index contributed by atoms with van der Waals surface area (Å²) in [4.78, 5) is 9.45. The first-order chi connectivity index (χ1) is 24.9. The number of hydrogen-bond acceptors (Lipinski definition) is 4. The molecule has 2 atom stereocenters. The average molecular weight is 838 g/mol. The normalized spacial score (nSPS) is 17.0. The van der Waals surface area contributed by atoms with Crippen LogP contribution < -0.4 is 4.74 Å². The Bertz CT molecular complexity index is 2470. The third kappa shape index (κ3) is 6.39. The van der Waals surface area contributed by atoms with Gasteiger partial charge in [0.05, 0.1) is 6.04 Å². The van der Waals surface area contributed by atoms with Crippen molar-refractivity contribution in [3.05, 3.63) is 156 Å². The second kappa shape index (κ2) is 13.4. The number of aryl methyl sites for hydroxylation is 1. The first kappa shape index (κ1) is 29.9. The number of ether oxygens (including phenoxy) is 2. The van der Waals surface area contributed by atoms with Gasteiger partial charge in [-0.3, -0.25) is 4.99 Å². The molecule has 0 amide bonds. The maximum Gasteiger partial charge on any atom is 2.00 e. The van der Waals surface area contributed by atoms with Crippen LogP contribution in [0.25, 0.3) is 38.8 Å². The number of aromatic nitrogens is 2. The molecule has 0 bridgehead atoms. The van der Waals surface area contributed by atoms with Gasteiger partial charge in [0.15, 0.2) is 0 Å². The molecule has 0 spiro atoms. The van der Waals surface area contributed by atoms with Gasteiger partial charge >= 0.3 is 21.1 Å². The molecule has 0 saturated heterocycles. The van der Waals surface area contributed by atoms with Gasteiger partial charge in [0, 0.05) is 27.3 Å². The number of pyridine rings is 1. The summed E-state index contributed by atoms with van der Waals surface area (Å²) in [5, 5.41) is 2.14.